The molecule has 0 spiro atoms. The lowest BCUT2D eigenvalue weighted by atomic mass is 9.99. The van der Waals surface area contributed by atoms with E-state index in [0.29, 0.717) is 0 Å². The molecule has 0 aliphatic carbocycles. The van der Waals surface area contributed by atoms with Crippen LogP contribution < -0.4 is 10.5 Å². The van der Waals surface area contributed by atoms with Crippen LogP contribution in [0.25, 0.3) is 0 Å². The summed E-state index contributed by atoms with van der Waals surface area (Å²) < 4.78 is 30.2. The lowest BCUT2D eigenvalue weighted by Gasteiger charge is -2.19. The van der Waals surface area contributed by atoms with Gasteiger partial charge in [-0.05, 0) is 19.1 Å². The average molecular weight is 247 g/mol. The fourth-order valence-corrected chi connectivity index (χ4v) is 1.44. The molecule has 1 aromatic rings. The number of nitrogens with two attached hydrogens (primary N) is 1. The predicted octanol–water partition coefficient (Wildman–Crippen LogP) is 1.72. The first-order valence-electron chi connectivity index (χ1n) is 5.01. The highest BCUT2D eigenvalue weighted by molar-refractivity contribution is 5.48. The number of aliphatic hydroxyl groups excluding tert-OH is 1. The Morgan fingerprint density at radius 2 is 1.82 bits per heavy atom. The van der Waals surface area contributed by atoms with Crippen LogP contribution in [0.15, 0.2) is 12.1 Å². The fourth-order valence-electron chi connectivity index (χ4n) is 1.44. The maximum Gasteiger partial charge on any atom is 0.267 e. The summed E-state index contributed by atoms with van der Waals surface area (Å²) >= 11 is 0. The van der Waals surface area contributed by atoms with Crippen molar-refractivity contribution in [1.29, 1.82) is 0 Å². The first-order chi connectivity index (χ1) is 7.88. The molecule has 4 N–H and O–H groups in total. The number of alkyl halides is 2. The minimum Gasteiger partial charge on any atom is -0.507 e. The van der Waals surface area contributed by atoms with Gasteiger partial charge in [-0.2, -0.15) is 0 Å². The van der Waals surface area contributed by atoms with Gasteiger partial charge < -0.3 is 20.7 Å². The lowest BCUT2D eigenvalue weighted by Crippen LogP contribution is -2.24. The lowest BCUT2D eigenvalue weighted by molar-refractivity contribution is 0.137. The molecule has 0 aliphatic heterocycles. The highest BCUT2D eigenvalue weighted by Crippen LogP contribution is 2.38. The molecule has 0 aliphatic rings. The molecule has 96 valence electrons. The van der Waals surface area contributed by atoms with Crippen molar-refractivity contribution >= 4 is 0 Å². The first kappa shape index (κ1) is 13.7. The Bertz CT molecular complexity index is 397. The summed E-state index contributed by atoms with van der Waals surface area (Å²) in [6.07, 6.45) is -4.09. The Balaban J connectivity index is 3.33. The van der Waals surface area contributed by atoms with Crippen molar-refractivity contribution < 1.29 is 23.7 Å². The van der Waals surface area contributed by atoms with Crippen molar-refractivity contribution in [3.8, 4) is 11.5 Å². The Hall–Kier alpha value is -1.40. The molecule has 1 aromatic carbocycles. The summed E-state index contributed by atoms with van der Waals surface area (Å²) in [6, 6.07) is 1.62. The SMILES string of the molecule is COc1cc(C(F)F)c(O)c(C(O)C(C)N)c1. The van der Waals surface area contributed by atoms with Gasteiger partial charge in [-0.15, -0.1) is 0 Å². The summed E-state index contributed by atoms with van der Waals surface area (Å²) in [5, 5.41) is 19.4. The molecule has 0 heterocycles. The van der Waals surface area contributed by atoms with E-state index in [1.54, 1.807) is 0 Å². The Kier molecular flexibility index (Phi) is 4.25. The number of hydrogen-bond donors (Lipinski definition) is 3. The molecule has 1 rings (SSSR count). The van der Waals surface area contributed by atoms with Crippen LogP contribution in [-0.4, -0.2) is 23.4 Å². The smallest absolute Gasteiger partial charge is 0.267 e. The number of ether oxygens (including phenoxy) is 1. The number of halogens is 2. The first-order valence-corrected chi connectivity index (χ1v) is 5.01. The largest absolute Gasteiger partial charge is 0.507 e. The normalized spacial score (nSPS) is 14.8. The molecule has 6 heteroatoms. The molecule has 17 heavy (non-hydrogen) atoms. The Morgan fingerprint density at radius 1 is 1.29 bits per heavy atom. The number of phenols is 1. The molecular formula is C11H15F2NO3. The van der Waals surface area contributed by atoms with Gasteiger partial charge >= 0.3 is 0 Å². The standard InChI is InChI=1S/C11H15F2NO3/c1-5(14)9(15)7-3-6(17-2)4-8(10(7)16)11(12)13/h3-5,9,11,15-16H,14H2,1-2H3. The van der Waals surface area contributed by atoms with E-state index in [4.69, 9.17) is 10.5 Å². The third-order valence-electron chi connectivity index (χ3n) is 2.43. The molecular weight excluding hydrogens is 232 g/mol. The van der Waals surface area contributed by atoms with Crippen LogP contribution in [0, 0.1) is 0 Å². The molecule has 0 aromatic heterocycles. The van der Waals surface area contributed by atoms with E-state index in [1.165, 1.54) is 20.1 Å². The van der Waals surface area contributed by atoms with E-state index in [2.05, 4.69) is 0 Å². The molecule has 0 saturated carbocycles. The second kappa shape index (κ2) is 5.29. The van der Waals surface area contributed by atoms with Crippen LogP contribution in [0.1, 0.15) is 30.6 Å². The van der Waals surface area contributed by atoms with Crippen LogP contribution in [-0.2, 0) is 0 Å². The quantitative estimate of drug-likeness (QED) is 0.757. The maximum atomic E-state index is 12.7. The van der Waals surface area contributed by atoms with E-state index in [9.17, 15) is 19.0 Å². The van der Waals surface area contributed by atoms with Crippen molar-refractivity contribution in [2.45, 2.75) is 25.5 Å². The van der Waals surface area contributed by atoms with Crippen LogP contribution in [0.3, 0.4) is 0 Å². The molecule has 0 amide bonds. The maximum absolute atomic E-state index is 12.7. The van der Waals surface area contributed by atoms with Crippen molar-refractivity contribution in [2.75, 3.05) is 7.11 Å². The van der Waals surface area contributed by atoms with E-state index < -0.39 is 29.9 Å². The highest BCUT2D eigenvalue weighted by Gasteiger charge is 2.23. The zero-order valence-corrected chi connectivity index (χ0v) is 9.52. The molecule has 4 nitrogen and oxygen atoms in total. The van der Waals surface area contributed by atoms with Crippen LogP contribution in [0.2, 0.25) is 0 Å². The van der Waals surface area contributed by atoms with Crippen molar-refractivity contribution in [3.05, 3.63) is 23.3 Å². The fraction of sp³-hybridized carbons (Fsp3) is 0.455. The zero-order valence-electron chi connectivity index (χ0n) is 9.52. The van der Waals surface area contributed by atoms with Crippen molar-refractivity contribution in [2.24, 2.45) is 5.73 Å². The monoisotopic (exact) mass is 247 g/mol. The third kappa shape index (κ3) is 2.83. The van der Waals surface area contributed by atoms with Gasteiger partial charge in [0.2, 0.25) is 0 Å². The van der Waals surface area contributed by atoms with Gasteiger partial charge in [-0.25, -0.2) is 8.78 Å². The number of aromatic hydroxyl groups is 1. The predicted molar refractivity (Wildman–Crippen MR) is 58.2 cm³/mol. The molecule has 0 radical (unpaired) electrons. The van der Waals surface area contributed by atoms with E-state index in [0.717, 1.165) is 6.07 Å². The van der Waals surface area contributed by atoms with E-state index in [-0.39, 0.29) is 11.3 Å². The Morgan fingerprint density at radius 3 is 2.24 bits per heavy atom. The Labute approximate surface area is 97.6 Å². The van der Waals surface area contributed by atoms with Crippen molar-refractivity contribution in [3.63, 3.8) is 0 Å². The summed E-state index contributed by atoms with van der Waals surface area (Å²) in [7, 11) is 1.31. The summed E-state index contributed by atoms with van der Waals surface area (Å²) in [6.45, 7) is 1.51. The minimum absolute atomic E-state index is 0.0605. The summed E-state index contributed by atoms with van der Waals surface area (Å²) in [5.74, 6) is -0.515. The average Bonchev–Trinajstić information content (AvgIpc) is 2.27. The number of phenolic OH excluding ortho intramolecular Hbond substituents is 1. The molecule has 2 unspecified atom stereocenters. The second-order valence-corrected chi connectivity index (χ2v) is 3.76. The van der Waals surface area contributed by atoms with E-state index >= 15 is 0 Å². The molecule has 0 saturated heterocycles. The minimum atomic E-state index is -2.86. The van der Waals surface area contributed by atoms with Gasteiger partial charge in [0.1, 0.15) is 11.5 Å². The molecule has 0 bridgehead atoms. The summed E-state index contributed by atoms with van der Waals surface area (Å²) in [5.41, 5.74) is 4.82. The van der Waals surface area contributed by atoms with Gasteiger partial charge in [-0.1, -0.05) is 0 Å². The van der Waals surface area contributed by atoms with Crippen LogP contribution in [0.5, 0.6) is 11.5 Å². The summed E-state index contributed by atoms with van der Waals surface area (Å²) in [4.78, 5) is 0. The number of aliphatic hydroxyl groups is 1. The number of methoxy groups -OCH3 is 1. The zero-order chi connectivity index (χ0) is 13.2. The highest BCUT2D eigenvalue weighted by atomic mass is 19.3. The van der Waals surface area contributed by atoms with E-state index in [1.807, 2.05) is 0 Å². The van der Waals surface area contributed by atoms with Crippen LogP contribution in [0.4, 0.5) is 8.78 Å². The number of benzene rings is 1. The molecule has 0 fully saturated rings. The van der Waals surface area contributed by atoms with Gasteiger partial charge in [0.05, 0.1) is 18.8 Å². The van der Waals surface area contributed by atoms with Gasteiger partial charge in [0.25, 0.3) is 6.43 Å². The number of hydrogen-bond acceptors (Lipinski definition) is 4. The second-order valence-electron chi connectivity index (χ2n) is 3.76. The van der Waals surface area contributed by atoms with Crippen molar-refractivity contribution in [1.82, 2.24) is 0 Å². The van der Waals surface area contributed by atoms with Gasteiger partial charge in [-0.3, -0.25) is 0 Å². The van der Waals surface area contributed by atoms with Gasteiger partial charge in [0.15, 0.2) is 0 Å². The topological polar surface area (TPSA) is 75.7 Å². The number of rotatable bonds is 4. The van der Waals surface area contributed by atoms with Crippen LogP contribution >= 0.6 is 0 Å². The molecule has 2 atom stereocenters. The van der Waals surface area contributed by atoms with Gasteiger partial charge in [0, 0.05) is 11.6 Å². The third-order valence-corrected chi connectivity index (χ3v) is 2.43.